The zero-order valence-corrected chi connectivity index (χ0v) is 11.3. The summed E-state index contributed by atoms with van der Waals surface area (Å²) in [6.07, 6.45) is 3.76. The third kappa shape index (κ3) is 3.54. The molecule has 0 aromatic carbocycles. The van der Waals surface area contributed by atoms with Gasteiger partial charge in [-0.25, -0.2) is 9.97 Å². The van der Waals surface area contributed by atoms with Gasteiger partial charge in [0.2, 0.25) is 5.91 Å². The first kappa shape index (κ1) is 13.5. The van der Waals surface area contributed by atoms with Gasteiger partial charge < -0.3 is 10.6 Å². The van der Waals surface area contributed by atoms with Gasteiger partial charge in [0.25, 0.3) is 0 Å². The van der Waals surface area contributed by atoms with Gasteiger partial charge in [-0.1, -0.05) is 23.2 Å². The number of anilines is 1. The Morgan fingerprint density at radius 3 is 2.56 bits per heavy atom. The predicted molar refractivity (Wildman–Crippen MR) is 70.9 cm³/mol. The van der Waals surface area contributed by atoms with Crippen molar-refractivity contribution in [3.8, 4) is 0 Å². The zero-order chi connectivity index (χ0) is 13.0. The van der Waals surface area contributed by atoms with E-state index in [0.29, 0.717) is 18.0 Å². The van der Waals surface area contributed by atoms with Gasteiger partial charge in [0, 0.05) is 6.42 Å². The topological polar surface area (TPSA) is 66.9 Å². The van der Waals surface area contributed by atoms with Crippen LogP contribution in [0.2, 0.25) is 10.3 Å². The molecule has 1 saturated heterocycles. The Labute approximate surface area is 115 Å². The normalized spacial score (nSPS) is 16.6. The summed E-state index contributed by atoms with van der Waals surface area (Å²) in [7, 11) is 0. The minimum absolute atomic E-state index is 0.0968. The van der Waals surface area contributed by atoms with Crippen molar-refractivity contribution >= 4 is 34.8 Å². The molecule has 98 valence electrons. The zero-order valence-electron chi connectivity index (χ0n) is 9.75. The van der Waals surface area contributed by atoms with E-state index in [4.69, 9.17) is 23.2 Å². The summed E-state index contributed by atoms with van der Waals surface area (Å²) in [5.41, 5.74) is 0.291. The quantitative estimate of drug-likeness (QED) is 0.836. The van der Waals surface area contributed by atoms with E-state index in [0.717, 1.165) is 25.9 Å². The molecule has 1 amide bonds. The molecule has 1 aromatic rings. The number of nitrogens with zero attached hydrogens (tertiary/aromatic N) is 2. The summed E-state index contributed by atoms with van der Waals surface area (Å²) < 4.78 is 0. The van der Waals surface area contributed by atoms with Gasteiger partial charge in [-0.05, 0) is 31.8 Å². The number of rotatable bonds is 3. The molecule has 0 aliphatic carbocycles. The molecule has 0 saturated carbocycles. The molecule has 0 spiro atoms. The highest BCUT2D eigenvalue weighted by atomic mass is 35.5. The molecule has 0 bridgehead atoms. The molecule has 0 atom stereocenters. The van der Waals surface area contributed by atoms with E-state index in [1.807, 2.05) is 0 Å². The van der Waals surface area contributed by atoms with Crippen LogP contribution in [0.5, 0.6) is 0 Å². The summed E-state index contributed by atoms with van der Waals surface area (Å²) >= 11 is 11.7. The largest absolute Gasteiger partial charge is 0.321 e. The molecule has 2 rings (SSSR count). The minimum atomic E-state index is -0.0968. The molecule has 2 N–H and O–H groups in total. The molecule has 2 heterocycles. The van der Waals surface area contributed by atoms with Gasteiger partial charge in [0.1, 0.15) is 12.0 Å². The van der Waals surface area contributed by atoms with Gasteiger partial charge in [-0.15, -0.1) is 0 Å². The molecule has 0 radical (unpaired) electrons. The fourth-order valence-corrected chi connectivity index (χ4v) is 2.40. The van der Waals surface area contributed by atoms with Crippen LogP contribution in [-0.4, -0.2) is 29.0 Å². The third-order valence-electron chi connectivity index (χ3n) is 2.95. The molecule has 0 unspecified atom stereocenters. The van der Waals surface area contributed by atoms with Crippen molar-refractivity contribution in [3.63, 3.8) is 0 Å². The first-order valence-corrected chi connectivity index (χ1v) is 6.59. The number of piperidine rings is 1. The highest BCUT2D eigenvalue weighted by Crippen LogP contribution is 2.26. The average Bonchev–Trinajstić information content (AvgIpc) is 2.35. The van der Waals surface area contributed by atoms with E-state index in [2.05, 4.69) is 20.6 Å². The number of nitrogens with one attached hydrogen (secondary N) is 2. The first-order valence-electron chi connectivity index (χ1n) is 5.83. The standard InChI is InChI=1S/C11H14Cl2N4O/c12-10-9(11(13)16-6-15-10)17-8(18)5-7-1-3-14-4-2-7/h6-7,14H,1-5H2,(H,17,18). The molecule has 18 heavy (non-hydrogen) atoms. The van der Waals surface area contributed by atoms with Crippen molar-refractivity contribution in [1.29, 1.82) is 0 Å². The van der Waals surface area contributed by atoms with Crippen LogP contribution in [0.1, 0.15) is 19.3 Å². The summed E-state index contributed by atoms with van der Waals surface area (Å²) in [6, 6.07) is 0. The van der Waals surface area contributed by atoms with Gasteiger partial charge >= 0.3 is 0 Å². The number of aromatic nitrogens is 2. The maximum absolute atomic E-state index is 11.9. The Hall–Kier alpha value is -0.910. The second-order valence-electron chi connectivity index (χ2n) is 4.28. The summed E-state index contributed by atoms with van der Waals surface area (Å²) in [6.45, 7) is 1.93. The number of carbonyl (C=O) groups is 1. The maximum atomic E-state index is 11.9. The Bertz CT molecular complexity index is 415. The van der Waals surface area contributed by atoms with Crippen LogP contribution in [0.3, 0.4) is 0 Å². The average molecular weight is 289 g/mol. The number of hydrogen-bond acceptors (Lipinski definition) is 4. The lowest BCUT2D eigenvalue weighted by molar-refractivity contribution is -0.117. The number of carbonyl (C=O) groups excluding carboxylic acids is 1. The Morgan fingerprint density at radius 1 is 1.33 bits per heavy atom. The van der Waals surface area contributed by atoms with Crippen molar-refractivity contribution < 1.29 is 4.79 Å². The van der Waals surface area contributed by atoms with Crippen LogP contribution in [0.15, 0.2) is 6.33 Å². The lowest BCUT2D eigenvalue weighted by Crippen LogP contribution is -2.30. The summed E-state index contributed by atoms with van der Waals surface area (Å²) in [5, 5.41) is 6.26. The third-order valence-corrected chi connectivity index (χ3v) is 3.53. The van der Waals surface area contributed by atoms with Crippen molar-refractivity contribution in [3.05, 3.63) is 16.6 Å². The molecule has 5 nitrogen and oxygen atoms in total. The van der Waals surface area contributed by atoms with Crippen LogP contribution >= 0.6 is 23.2 Å². The summed E-state index contributed by atoms with van der Waals surface area (Å²) in [5.74, 6) is 0.314. The van der Waals surface area contributed by atoms with Crippen LogP contribution in [0.25, 0.3) is 0 Å². The van der Waals surface area contributed by atoms with Gasteiger partial charge in [-0.2, -0.15) is 0 Å². The second kappa shape index (κ2) is 6.31. The fraction of sp³-hybridized carbons (Fsp3) is 0.545. The lowest BCUT2D eigenvalue weighted by atomic mass is 9.94. The predicted octanol–water partition coefficient (Wildman–Crippen LogP) is 2.11. The van der Waals surface area contributed by atoms with Gasteiger partial charge in [0.05, 0.1) is 0 Å². The monoisotopic (exact) mass is 288 g/mol. The molecular formula is C11H14Cl2N4O. The molecule has 1 aliphatic heterocycles. The van der Waals surface area contributed by atoms with Crippen LogP contribution in [0, 0.1) is 5.92 Å². The van der Waals surface area contributed by atoms with E-state index in [1.54, 1.807) is 0 Å². The Morgan fingerprint density at radius 2 is 1.94 bits per heavy atom. The van der Waals surface area contributed by atoms with Crippen LogP contribution in [0.4, 0.5) is 5.69 Å². The Balaban J connectivity index is 1.94. The van der Waals surface area contributed by atoms with Gasteiger partial charge in [-0.3, -0.25) is 4.79 Å². The van der Waals surface area contributed by atoms with Crippen molar-refractivity contribution in [2.75, 3.05) is 18.4 Å². The minimum Gasteiger partial charge on any atom is -0.321 e. The van der Waals surface area contributed by atoms with E-state index in [-0.39, 0.29) is 16.2 Å². The molecule has 7 heteroatoms. The smallest absolute Gasteiger partial charge is 0.224 e. The maximum Gasteiger partial charge on any atom is 0.224 e. The van der Waals surface area contributed by atoms with Crippen molar-refractivity contribution in [2.24, 2.45) is 5.92 Å². The van der Waals surface area contributed by atoms with Crippen molar-refractivity contribution in [1.82, 2.24) is 15.3 Å². The summed E-state index contributed by atoms with van der Waals surface area (Å²) in [4.78, 5) is 19.5. The van der Waals surface area contributed by atoms with Crippen molar-refractivity contribution in [2.45, 2.75) is 19.3 Å². The van der Waals surface area contributed by atoms with Gasteiger partial charge in [0.15, 0.2) is 10.3 Å². The van der Waals surface area contributed by atoms with Crippen LogP contribution in [-0.2, 0) is 4.79 Å². The van der Waals surface area contributed by atoms with E-state index in [9.17, 15) is 4.79 Å². The van der Waals surface area contributed by atoms with E-state index < -0.39 is 0 Å². The molecule has 1 aromatic heterocycles. The number of halogens is 2. The van der Waals surface area contributed by atoms with E-state index in [1.165, 1.54) is 6.33 Å². The number of amides is 1. The SMILES string of the molecule is O=C(CC1CCNCC1)Nc1c(Cl)ncnc1Cl. The fourth-order valence-electron chi connectivity index (χ4n) is 1.99. The lowest BCUT2D eigenvalue weighted by Gasteiger charge is -2.22. The second-order valence-corrected chi connectivity index (χ2v) is 4.99. The first-order chi connectivity index (χ1) is 8.66. The number of hydrogen-bond donors (Lipinski definition) is 2. The van der Waals surface area contributed by atoms with E-state index >= 15 is 0 Å². The van der Waals surface area contributed by atoms with Crippen LogP contribution < -0.4 is 10.6 Å². The molecule has 1 aliphatic rings. The highest BCUT2D eigenvalue weighted by molar-refractivity contribution is 6.38. The molecule has 1 fully saturated rings. The highest BCUT2D eigenvalue weighted by Gasteiger charge is 2.18. The Kier molecular flexibility index (Phi) is 4.74. The molecular weight excluding hydrogens is 275 g/mol.